The van der Waals surface area contributed by atoms with E-state index in [1.54, 1.807) is 12.1 Å². The number of aromatic nitrogens is 3. The van der Waals surface area contributed by atoms with Gasteiger partial charge in [-0.05, 0) is 30.2 Å². The van der Waals surface area contributed by atoms with Crippen LogP contribution in [0.25, 0.3) is 0 Å². The lowest BCUT2D eigenvalue weighted by molar-refractivity contribution is 0.900. The topological polar surface area (TPSA) is 57.2 Å². The third-order valence-electron chi connectivity index (χ3n) is 3.10. The Morgan fingerprint density at radius 3 is 2.13 bits per heavy atom. The predicted molar refractivity (Wildman–Crippen MR) is 97.1 cm³/mol. The average molecular weight is 355 g/mol. The Morgan fingerprint density at radius 1 is 0.957 bits per heavy atom. The SMILES string of the molecule is CN(C)c1nc(NCCc2cc(Cl)ccc2Cl)nc(N(C)C)n1. The van der Waals surface area contributed by atoms with E-state index in [-0.39, 0.29) is 0 Å². The van der Waals surface area contributed by atoms with Crippen molar-refractivity contribution in [2.24, 2.45) is 0 Å². The fraction of sp³-hybridized carbons (Fsp3) is 0.400. The minimum absolute atomic E-state index is 0.533. The Bertz CT molecular complexity index is 649. The number of benzene rings is 1. The van der Waals surface area contributed by atoms with Gasteiger partial charge in [0, 0.05) is 44.8 Å². The molecule has 0 radical (unpaired) electrons. The zero-order valence-electron chi connectivity index (χ0n) is 13.6. The number of rotatable bonds is 6. The van der Waals surface area contributed by atoms with Crippen molar-refractivity contribution in [2.75, 3.05) is 49.9 Å². The maximum atomic E-state index is 6.17. The van der Waals surface area contributed by atoms with Crippen LogP contribution >= 0.6 is 23.2 Å². The minimum atomic E-state index is 0.533. The fourth-order valence-electron chi connectivity index (χ4n) is 1.88. The van der Waals surface area contributed by atoms with Gasteiger partial charge in [-0.3, -0.25) is 0 Å². The summed E-state index contributed by atoms with van der Waals surface area (Å²) in [5.41, 5.74) is 0.987. The molecular weight excluding hydrogens is 335 g/mol. The van der Waals surface area contributed by atoms with Gasteiger partial charge in [0.05, 0.1) is 0 Å². The summed E-state index contributed by atoms with van der Waals surface area (Å²) >= 11 is 12.2. The Kier molecular flexibility index (Phi) is 5.85. The lowest BCUT2D eigenvalue weighted by Crippen LogP contribution is -2.20. The van der Waals surface area contributed by atoms with Crippen LogP contribution in [-0.4, -0.2) is 49.7 Å². The predicted octanol–water partition coefficient (Wildman–Crippen LogP) is 2.97. The van der Waals surface area contributed by atoms with Gasteiger partial charge in [-0.2, -0.15) is 15.0 Å². The highest BCUT2D eigenvalue weighted by Crippen LogP contribution is 2.21. The summed E-state index contributed by atoms with van der Waals surface area (Å²) in [5.74, 6) is 1.74. The fourth-order valence-corrected chi connectivity index (χ4v) is 2.28. The van der Waals surface area contributed by atoms with Gasteiger partial charge in [0.1, 0.15) is 0 Å². The zero-order chi connectivity index (χ0) is 17.0. The maximum Gasteiger partial charge on any atom is 0.231 e. The third-order valence-corrected chi connectivity index (χ3v) is 3.70. The Hall–Kier alpha value is -1.79. The van der Waals surface area contributed by atoms with Crippen molar-refractivity contribution in [3.05, 3.63) is 33.8 Å². The molecule has 1 heterocycles. The standard InChI is InChI=1S/C15H20Cl2N6/c1-22(2)14-19-13(20-15(21-14)23(3)4)18-8-7-10-9-11(16)5-6-12(10)17/h5-6,9H,7-8H2,1-4H3,(H,18,19,20,21). The van der Waals surface area contributed by atoms with Gasteiger partial charge in [0.15, 0.2) is 0 Å². The first kappa shape index (κ1) is 17.6. The number of hydrogen-bond donors (Lipinski definition) is 1. The number of nitrogens with zero attached hydrogens (tertiary/aromatic N) is 5. The van der Waals surface area contributed by atoms with Gasteiger partial charge >= 0.3 is 0 Å². The van der Waals surface area contributed by atoms with Crippen LogP contribution in [0.4, 0.5) is 17.8 Å². The Labute approximate surface area is 146 Å². The molecule has 0 aliphatic carbocycles. The highest BCUT2D eigenvalue weighted by molar-refractivity contribution is 6.33. The van der Waals surface area contributed by atoms with Crippen molar-refractivity contribution in [2.45, 2.75) is 6.42 Å². The zero-order valence-corrected chi connectivity index (χ0v) is 15.2. The van der Waals surface area contributed by atoms with E-state index in [2.05, 4.69) is 20.3 Å². The normalized spacial score (nSPS) is 10.5. The van der Waals surface area contributed by atoms with Gasteiger partial charge in [-0.15, -0.1) is 0 Å². The van der Waals surface area contributed by atoms with Gasteiger partial charge in [-0.25, -0.2) is 0 Å². The summed E-state index contributed by atoms with van der Waals surface area (Å²) < 4.78 is 0. The summed E-state index contributed by atoms with van der Waals surface area (Å²) in [5, 5.41) is 4.59. The molecule has 0 saturated heterocycles. The van der Waals surface area contributed by atoms with Crippen LogP contribution in [0, 0.1) is 0 Å². The smallest absolute Gasteiger partial charge is 0.231 e. The van der Waals surface area contributed by atoms with Crippen LogP contribution in [0.15, 0.2) is 18.2 Å². The summed E-state index contributed by atoms with van der Waals surface area (Å²) in [6.07, 6.45) is 0.722. The molecule has 0 amide bonds. The molecule has 0 unspecified atom stereocenters. The summed E-state index contributed by atoms with van der Waals surface area (Å²) in [6, 6.07) is 5.45. The van der Waals surface area contributed by atoms with E-state index in [1.165, 1.54) is 0 Å². The van der Waals surface area contributed by atoms with Crippen molar-refractivity contribution in [3.8, 4) is 0 Å². The van der Waals surface area contributed by atoms with Crippen LogP contribution < -0.4 is 15.1 Å². The van der Waals surface area contributed by atoms with Crippen LogP contribution in [-0.2, 0) is 6.42 Å². The quantitative estimate of drug-likeness (QED) is 0.860. The first-order chi connectivity index (χ1) is 10.9. The van der Waals surface area contributed by atoms with Gasteiger partial charge in [-0.1, -0.05) is 23.2 Å². The molecule has 1 N–H and O–H groups in total. The van der Waals surface area contributed by atoms with Gasteiger partial charge < -0.3 is 15.1 Å². The molecule has 0 fully saturated rings. The second-order valence-electron chi connectivity index (χ2n) is 5.46. The largest absolute Gasteiger partial charge is 0.354 e. The molecule has 0 atom stereocenters. The van der Waals surface area contributed by atoms with Crippen molar-refractivity contribution < 1.29 is 0 Å². The molecule has 1 aromatic carbocycles. The Morgan fingerprint density at radius 2 is 1.57 bits per heavy atom. The first-order valence-corrected chi connectivity index (χ1v) is 7.91. The van der Waals surface area contributed by atoms with Crippen molar-refractivity contribution in [1.29, 1.82) is 0 Å². The van der Waals surface area contributed by atoms with Crippen LogP contribution in [0.1, 0.15) is 5.56 Å². The van der Waals surface area contributed by atoms with E-state index in [4.69, 9.17) is 23.2 Å². The van der Waals surface area contributed by atoms with E-state index in [9.17, 15) is 0 Å². The highest BCUT2D eigenvalue weighted by atomic mass is 35.5. The third kappa shape index (κ3) is 4.84. The molecular formula is C15H20Cl2N6. The van der Waals surface area contributed by atoms with Crippen LogP contribution in [0.3, 0.4) is 0 Å². The molecule has 2 aromatic rings. The molecule has 0 aliphatic heterocycles. The molecule has 0 spiro atoms. The van der Waals surface area contributed by atoms with Crippen LogP contribution in [0.2, 0.25) is 10.0 Å². The van der Waals surface area contributed by atoms with E-state index >= 15 is 0 Å². The van der Waals surface area contributed by atoms with E-state index in [0.29, 0.717) is 34.4 Å². The van der Waals surface area contributed by atoms with Gasteiger partial charge in [0.25, 0.3) is 0 Å². The average Bonchev–Trinajstić information content (AvgIpc) is 2.50. The first-order valence-electron chi connectivity index (χ1n) is 7.15. The molecule has 23 heavy (non-hydrogen) atoms. The van der Waals surface area contributed by atoms with Crippen molar-refractivity contribution in [3.63, 3.8) is 0 Å². The number of nitrogens with one attached hydrogen (secondary N) is 1. The van der Waals surface area contributed by atoms with E-state index in [0.717, 1.165) is 12.0 Å². The summed E-state index contributed by atoms with van der Waals surface area (Å²) in [6.45, 7) is 0.643. The van der Waals surface area contributed by atoms with Crippen molar-refractivity contribution >= 4 is 41.0 Å². The number of anilines is 3. The molecule has 1 aromatic heterocycles. The van der Waals surface area contributed by atoms with Crippen molar-refractivity contribution in [1.82, 2.24) is 15.0 Å². The van der Waals surface area contributed by atoms with E-state index < -0.39 is 0 Å². The van der Waals surface area contributed by atoms with Crippen LogP contribution in [0.5, 0.6) is 0 Å². The lowest BCUT2D eigenvalue weighted by atomic mass is 10.1. The highest BCUT2D eigenvalue weighted by Gasteiger charge is 2.09. The summed E-state index contributed by atoms with van der Waals surface area (Å²) in [4.78, 5) is 16.8. The van der Waals surface area contributed by atoms with Gasteiger partial charge in [0.2, 0.25) is 17.8 Å². The minimum Gasteiger partial charge on any atom is -0.354 e. The summed E-state index contributed by atoms with van der Waals surface area (Å²) in [7, 11) is 7.57. The number of hydrogen-bond acceptors (Lipinski definition) is 6. The Balaban J connectivity index is 2.09. The molecule has 0 saturated carbocycles. The van der Waals surface area contributed by atoms with E-state index in [1.807, 2.05) is 44.1 Å². The maximum absolute atomic E-state index is 6.17. The second kappa shape index (κ2) is 7.66. The molecule has 0 bridgehead atoms. The molecule has 124 valence electrons. The number of halogens is 2. The monoisotopic (exact) mass is 354 g/mol. The lowest BCUT2D eigenvalue weighted by Gasteiger charge is -2.16. The molecule has 6 nitrogen and oxygen atoms in total. The molecule has 2 rings (SSSR count). The molecule has 8 heteroatoms. The molecule has 0 aliphatic rings. The second-order valence-corrected chi connectivity index (χ2v) is 6.30.